The van der Waals surface area contributed by atoms with Gasteiger partial charge in [0.05, 0.1) is 15.9 Å². The topological polar surface area (TPSA) is 133 Å². The lowest BCUT2D eigenvalue weighted by Crippen LogP contribution is -2.28. The van der Waals surface area contributed by atoms with Gasteiger partial charge in [-0.05, 0) is 6.07 Å². The Hall–Kier alpha value is -1.25. The second-order valence-electron chi connectivity index (χ2n) is 4.10. The van der Waals surface area contributed by atoms with Crippen LogP contribution in [0.25, 0.3) is 0 Å². The minimum atomic E-state index is -0.994. The van der Waals surface area contributed by atoms with Crippen LogP contribution >= 0.6 is 45.2 Å². The zero-order chi connectivity index (χ0) is 16.9. The maximum atomic E-state index is 11.4. The van der Waals surface area contributed by atoms with Gasteiger partial charge in [0.1, 0.15) is 11.3 Å². The zero-order valence-electron chi connectivity index (χ0n) is 11.2. The minimum absolute atomic E-state index is 0.165. The summed E-state index contributed by atoms with van der Waals surface area (Å²) in [5.41, 5.74) is 3.92. The van der Waals surface area contributed by atoms with E-state index < -0.39 is 27.1 Å². The maximum Gasteiger partial charge on any atom is 0.299 e. The Morgan fingerprint density at radius 3 is 1.95 bits per heavy atom. The third-order valence-electron chi connectivity index (χ3n) is 2.80. The van der Waals surface area contributed by atoms with Gasteiger partial charge in [0.2, 0.25) is 0 Å². The molecule has 1 amide bonds. The summed E-state index contributed by atoms with van der Waals surface area (Å²) < 4.78 is 1.41. The predicted octanol–water partition coefficient (Wildman–Crippen LogP) is 2.28. The van der Waals surface area contributed by atoms with Gasteiger partial charge in [-0.1, -0.05) is 45.2 Å². The van der Waals surface area contributed by atoms with Crippen molar-refractivity contribution in [1.82, 2.24) is 0 Å². The molecule has 0 aliphatic carbocycles. The number of carbonyl (C=O) groups is 1. The van der Waals surface area contributed by atoms with E-state index >= 15 is 0 Å². The highest BCUT2D eigenvalue weighted by Gasteiger charge is 2.29. The van der Waals surface area contributed by atoms with Crippen LogP contribution in [-0.4, -0.2) is 37.7 Å². The molecule has 0 aliphatic heterocycles. The van der Waals surface area contributed by atoms with Crippen molar-refractivity contribution in [2.75, 3.05) is 26.8 Å². The summed E-state index contributed by atoms with van der Waals surface area (Å²) in [7, 11) is 0. The molecule has 0 aromatic heterocycles. The van der Waals surface area contributed by atoms with Gasteiger partial charge >= 0.3 is 0 Å². The van der Waals surface area contributed by atoms with Gasteiger partial charge in [0.15, 0.2) is 0 Å². The molecule has 1 aromatic rings. The van der Waals surface area contributed by atoms with Crippen molar-refractivity contribution in [3.8, 4) is 0 Å². The summed E-state index contributed by atoms with van der Waals surface area (Å²) in [6.45, 7) is 1.03. The fourth-order valence-corrected chi connectivity index (χ4v) is 3.04. The van der Waals surface area contributed by atoms with Crippen molar-refractivity contribution >= 4 is 68.2 Å². The summed E-state index contributed by atoms with van der Waals surface area (Å²) in [5, 5.41) is 22.2. The lowest BCUT2D eigenvalue weighted by atomic mass is 10.1. The summed E-state index contributed by atoms with van der Waals surface area (Å²) in [6, 6.07) is 1.93. The number of amides is 1. The Morgan fingerprint density at radius 1 is 1.09 bits per heavy atom. The van der Waals surface area contributed by atoms with Gasteiger partial charge in [-0.2, -0.15) is 0 Å². The van der Waals surface area contributed by atoms with Gasteiger partial charge in [-0.3, -0.25) is 25.0 Å². The van der Waals surface area contributed by atoms with E-state index in [1.165, 1.54) is 0 Å². The number of carbonyl (C=O) groups excluding carboxylic acids is 1. The van der Waals surface area contributed by atoms with E-state index in [-0.39, 0.29) is 11.3 Å². The Labute approximate surface area is 152 Å². The molecule has 0 spiro atoms. The second kappa shape index (κ2) is 8.40. The monoisotopic (exact) mass is 534 g/mol. The molecule has 0 unspecified atom stereocenters. The standard InChI is InChI=1S/C11H12I2N4O5/c12-1-3-15(4-2-13)9-5-7(11(14)18)8(16(19)20)6-10(9)17(21)22/h5-6H,1-4H2,(H2,14,18). The molecule has 9 nitrogen and oxygen atoms in total. The highest BCUT2D eigenvalue weighted by molar-refractivity contribution is 14.1. The molecule has 1 aromatic carbocycles. The first-order valence-corrected chi connectivity index (χ1v) is 9.02. The number of nitrogens with zero attached hydrogens (tertiary/aromatic N) is 3. The third kappa shape index (κ3) is 4.37. The molecular formula is C11H12I2N4O5. The largest absolute Gasteiger partial charge is 0.365 e. The number of halogens is 2. The summed E-state index contributed by atoms with van der Waals surface area (Å²) in [5.74, 6) is -0.994. The van der Waals surface area contributed by atoms with Gasteiger partial charge in [-0.25, -0.2) is 0 Å². The molecule has 1 rings (SSSR count). The molecule has 0 aliphatic rings. The van der Waals surface area contributed by atoms with Crippen LogP contribution in [-0.2, 0) is 0 Å². The first-order valence-electron chi connectivity index (χ1n) is 5.97. The van der Waals surface area contributed by atoms with Crippen LogP contribution in [0.2, 0.25) is 0 Å². The number of alkyl halides is 2. The number of hydrogen-bond acceptors (Lipinski definition) is 6. The SMILES string of the molecule is NC(=O)c1cc(N(CCI)CCI)c([N+](=O)[O-])cc1[N+](=O)[O-]. The molecule has 0 bridgehead atoms. The highest BCUT2D eigenvalue weighted by atomic mass is 127. The summed E-state index contributed by atoms with van der Waals surface area (Å²) in [4.78, 5) is 33.8. The van der Waals surface area contributed by atoms with Gasteiger partial charge in [0.25, 0.3) is 17.3 Å². The Bertz CT molecular complexity index is 604. The molecule has 0 heterocycles. The van der Waals surface area contributed by atoms with Crippen molar-refractivity contribution in [3.05, 3.63) is 37.9 Å². The quantitative estimate of drug-likeness (QED) is 0.236. The number of hydrogen-bond donors (Lipinski definition) is 1. The minimum Gasteiger partial charge on any atom is -0.365 e. The van der Waals surface area contributed by atoms with Crippen LogP contribution in [0.3, 0.4) is 0 Å². The van der Waals surface area contributed by atoms with E-state index in [1.54, 1.807) is 4.90 Å². The first kappa shape index (κ1) is 18.8. The van der Waals surface area contributed by atoms with E-state index in [0.717, 1.165) is 12.1 Å². The Balaban J connectivity index is 3.59. The van der Waals surface area contributed by atoms with Crippen molar-refractivity contribution in [3.63, 3.8) is 0 Å². The smallest absolute Gasteiger partial charge is 0.299 e. The normalized spacial score (nSPS) is 10.3. The fourth-order valence-electron chi connectivity index (χ4n) is 1.87. The molecule has 11 heteroatoms. The van der Waals surface area contributed by atoms with Crippen molar-refractivity contribution in [2.24, 2.45) is 5.73 Å². The highest BCUT2D eigenvalue weighted by Crippen LogP contribution is 2.35. The molecule has 0 atom stereocenters. The fraction of sp³-hybridized carbons (Fsp3) is 0.364. The van der Waals surface area contributed by atoms with E-state index in [0.29, 0.717) is 21.9 Å². The Morgan fingerprint density at radius 2 is 1.59 bits per heavy atom. The zero-order valence-corrected chi connectivity index (χ0v) is 15.5. The lowest BCUT2D eigenvalue weighted by molar-refractivity contribution is -0.393. The molecule has 120 valence electrons. The number of nitro groups is 2. The van der Waals surface area contributed by atoms with Gasteiger partial charge in [0, 0.05) is 21.9 Å². The number of benzene rings is 1. The molecule has 22 heavy (non-hydrogen) atoms. The predicted molar refractivity (Wildman–Crippen MR) is 98.3 cm³/mol. The first-order chi connectivity index (χ1) is 10.3. The van der Waals surface area contributed by atoms with E-state index in [2.05, 4.69) is 45.2 Å². The van der Waals surface area contributed by atoms with Crippen LogP contribution in [0.4, 0.5) is 17.1 Å². The van der Waals surface area contributed by atoms with Crippen molar-refractivity contribution < 1.29 is 14.6 Å². The number of nitrogens with two attached hydrogens (primary N) is 1. The number of rotatable bonds is 8. The van der Waals surface area contributed by atoms with Crippen molar-refractivity contribution in [2.45, 2.75) is 0 Å². The average Bonchev–Trinajstić information content (AvgIpc) is 2.45. The van der Waals surface area contributed by atoms with Crippen molar-refractivity contribution in [1.29, 1.82) is 0 Å². The number of anilines is 1. The van der Waals surface area contributed by atoms with Crippen LogP contribution in [0, 0.1) is 20.2 Å². The molecule has 0 fully saturated rings. The van der Waals surface area contributed by atoms with E-state index in [4.69, 9.17) is 5.73 Å². The molecular weight excluding hydrogens is 522 g/mol. The third-order valence-corrected chi connectivity index (χ3v) is 3.77. The molecule has 0 radical (unpaired) electrons. The average molecular weight is 534 g/mol. The van der Waals surface area contributed by atoms with Crippen LogP contribution in [0.1, 0.15) is 10.4 Å². The second-order valence-corrected chi connectivity index (χ2v) is 6.26. The van der Waals surface area contributed by atoms with Gasteiger partial charge < -0.3 is 10.6 Å². The molecule has 0 saturated heterocycles. The summed E-state index contributed by atoms with van der Waals surface area (Å²) in [6.07, 6.45) is 0. The summed E-state index contributed by atoms with van der Waals surface area (Å²) >= 11 is 4.25. The molecule has 2 N–H and O–H groups in total. The van der Waals surface area contributed by atoms with Crippen LogP contribution in [0.5, 0.6) is 0 Å². The van der Waals surface area contributed by atoms with Crippen LogP contribution in [0.15, 0.2) is 12.1 Å². The lowest BCUT2D eigenvalue weighted by Gasteiger charge is -2.23. The molecule has 0 saturated carbocycles. The van der Waals surface area contributed by atoms with E-state index in [9.17, 15) is 25.0 Å². The number of primary amides is 1. The van der Waals surface area contributed by atoms with E-state index in [1.807, 2.05) is 0 Å². The van der Waals surface area contributed by atoms with Gasteiger partial charge in [-0.15, -0.1) is 0 Å². The number of nitro benzene ring substituents is 2. The van der Waals surface area contributed by atoms with Crippen LogP contribution < -0.4 is 10.6 Å². The Kier molecular flexibility index (Phi) is 7.18. The maximum absolute atomic E-state index is 11.4.